The summed E-state index contributed by atoms with van der Waals surface area (Å²) in [5.41, 5.74) is 1.22. The molecule has 166 valence electrons. The molecule has 1 unspecified atom stereocenters. The van der Waals surface area contributed by atoms with Gasteiger partial charge in [-0.15, -0.1) is 11.8 Å². The number of hydrogen-bond donors (Lipinski definition) is 0. The minimum Gasteiger partial charge on any atom is -0.493 e. The number of benzene rings is 2. The van der Waals surface area contributed by atoms with E-state index in [0.29, 0.717) is 11.5 Å². The number of nitro groups is 1. The number of carbonyl (C=O) groups is 1. The van der Waals surface area contributed by atoms with Gasteiger partial charge in [-0.05, 0) is 61.9 Å². The van der Waals surface area contributed by atoms with Crippen LogP contribution in [0.5, 0.6) is 11.5 Å². The Morgan fingerprint density at radius 2 is 1.87 bits per heavy atom. The third-order valence-electron chi connectivity index (χ3n) is 5.57. The number of nitrogens with zero attached hydrogens (tertiary/aromatic N) is 2. The third kappa shape index (κ3) is 6.13. The van der Waals surface area contributed by atoms with Gasteiger partial charge in [0.15, 0.2) is 11.5 Å². The summed E-state index contributed by atoms with van der Waals surface area (Å²) < 4.78 is 10.7. The Morgan fingerprint density at radius 1 is 1.13 bits per heavy atom. The molecule has 1 saturated heterocycles. The molecule has 0 spiro atoms. The van der Waals surface area contributed by atoms with Crippen molar-refractivity contribution >= 4 is 23.4 Å². The third-order valence-corrected chi connectivity index (χ3v) is 6.57. The van der Waals surface area contributed by atoms with Crippen LogP contribution < -0.4 is 9.47 Å². The Bertz CT molecular complexity index is 903. The van der Waals surface area contributed by atoms with Crippen molar-refractivity contribution in [1.29, 1.82) is 0 Å². The zero-order chi connectivity index (χ0) is 22.2. The first-order chi connectivity index (χ1) is 15.0. The lowest BCUT2D eigenvalue weighted by Crippen LogP contribution is -2.44. The molecular formula is C23H28N2O5S. The van der Waals surface area contributed by atoms with Crippen LogP contribution >= 0.6 is 11.8 Å². The number of piperidine rings is 1. The van der Waals surface area contributed by atoms with E-state index in [9.17, 15) is 14.9 Å². The molecule has 0 N–H and O–H groups in total. The van der Waals surface area contributed by atoms with Gasteiger partial charge in [-0.3, -0.25) is 14.9 Å². The summed E-state index contributed by atoms with van der Waals surface area (Å²) in [4.78, 5) is 26.1. The number of non-ortho nitro benzene ring substituents is 1. The Hall–Kier alpha value is -2.74. The van der Waals surface area contributed by atoms with Crippen molar-refractivity contribution in [3.05, 3.63) is 58.1 Å². The maximum atomic E-state index is 12.9. The quantitative estimate of drug-likeness (QED) is 0.316. The Morgan fingerprint density at radius 3 is 2.55 bits per heavy atom. The smallest absolute Gasteiger partial charge is 0.269 e. The summed E-state index contributed by atoms with van der Waals surface area (Å²) in [5.74, 6) is 1.89. The summed E-state index contributed by atoms with van der Waals surface area (Å²) in [6.45, 7) is 0.788. The second kappa shape index (κ2) is 11.0. The highest BCUT2D eigenvalue weighted by Crippen LogP contribution is 2.30. The molecule has 3 rings (SSSR count). The van der Waals surface area contributed by atoms with E-state index in [1.165, 1.54) is 23.9 Å². The van der Waals surface area contributed by atoms with Gasteiger partial charge in [0.1, 0.15) is 0 Å². The lowest BCUT2D eigenvalue weighted by Gasteiger charge is -2.36. The molecular weight excluding hydrogens is 416 g/mol. The number of hydrogen-bond acceptors (Lipinski definition) is 6. The van der Waals surface area contributed by atoms with Gasteiger partial charge < -0.3 is 14.4 Å². The topological polar surface area (TPSA) is 81.9 Å². The minimum atomic E-state index is -0.420. The van der Waals surface area contributed by atoms with Crippen LogP contribution in [0.2, 0.25) is 0 Å². The summed E-state index contributed by atoms with van der Waals surface area (Å²) in [6.07, 6.45) is 4.95. The number of carbonyl (C=O) groups excluding carboxylic acids is 1. The monoisotopic (exact) mass is 444 g/mol. The molecule has 2 aromatic rings. The van der Waals surface area contributed by atoms with Crippen molar-refractivity contribution < 1.29 is 19.2 Å². The molecule has 0 bridgehead atoms. The van der Waals surface area contributed by atoms with Crippen molar-refractivity contribution in [3.63, 3.8) is 0 Å². The molecule has 1 fully saturated rings. The molecule has 0 aromatic heterocycles. The van der Waals surface area contributed by atoms with Gasteiger partial charge >= 0.3 is 0 Å². The molecule has 8 heteroatoms. The second-order valence-electron chi connectivity index (χ2n) is 7.50. The zero-order valence-corrected chi connectivity index (χ0v) is 18.7. The number of thioether (sulfide) groups is 1. The molecule has 1 aliphatic rings. The number of aryl methyl sites for hydroxylation is 1. The molecule has 7 nitrogen and oxygen atoms in total. The van der Waals surface area contributed by atoms with Crippen LogP contribution in [0, 0.1) is 10.1 Å². The van der Waals surface area contributed by atoms with Crippen LogP contribution in [0.1, 0.15) is 31.2 Å². The lowest BCUT2D eigenvalue weighted by atomic mass is 9.95. The summed E-state index contributed by atoms with van der Waals surface area (Å²) in [5, 5.41) is 10.8. The Labute approximate surface area is 186 Å². The van der Waals surface area contributed by atoms with Gasteiger partial charge in [-0.2, -0.15) is 0 Å². The number of amides is 1. The van der Waals surface area contributed by atoms with Gasteiger partial charge in [-0.25, -0.2) is 0 Å². The predicted molar refractivity (Wildman–Crippen MR) is 121 cm³/mol. The normalized spacial score (nSPS) is 16.1. The average molecular weight is 445 g/mol. The fraction of sp³-hybridized carbons (Fsp3) is 0.435. The first-order valence-electron chi connectivity index (χ1n) is 10.4. The largest absolute Gasteiger partial charge is 0.493 e. The van der Waals surface area contributed by atoms with Crippen molar-refractivity contribution in [2.24, 2.45) is 0 Å². The van der Waals surface area contributed by atoms with E-state index in [0.717, 1.165) is 54.9 Å². The van der Waals surface area contributed by atoms with E-state index in [1.54, 1.807) is 26.4 Å². The van der Waals surface area contributed by atoms with E-state index in [4.69, 9.17) is 9.47 Å². The van der Waals surface area contributed by atoms with Gasteiger partial charge in [0.2, 0.25) is 5.91 Å². The van der Waals surface area contributed by atoms with Gasteiger partial charge in [0.05, 0.1) is 24.9 Å². The number of rotatable bonds is 9. The SMILES string of the molecule is COc1ccc(CCC2CCCCN2C(=O)CSc2ccc([N+](=O)[O-])cc2)cc1OC. The van der Waals surface area contributed by atoms with Crippen molar-refractivity contribution in [2.75, 3.05) is 26.5 Å². The van der Waals surface area contributed by atoms with Crippen molar-refractivity contribution in [3.8, 4) is 11.5 Å². The van der Waals surface area contributed by atoms with Crippen LogP contribution in [-0.4, -0.2) is 48.3 Å². The minimum absolute atomic E-state index is 0.0573. The molecule has 0 aliphatic carbocycles. The first-order valence-corrected chi connectivity index (χ1v) is 11.4. The Balaban J connectivity index is 1.57. The molecule has 0 saturated carbocycles. The molecule has 31 heavy (non-hydrogen) atoms. The fourth-order valence-electron chi connectivity index (χ4n) is 3.89. The van der Waals surface area contributed by atoms with Crippen LogP contribution in [0.15, 0.2) is 47.4 Å². The highest BCUT2D eigenvalue weighted by Gasteiger charge is 2.26. The molecule has 2 aromatic carbocycles. The zero-order valence-electron chi connectivity index (χ0n) is 17.9. The number of likely N-dealkylation sites (tertiary alicyclic amines) is 1. The molecule has 1 atom stereocenters. The summed E-state index contributed by atoms with van der Waals surface area (Å²) in [6, 6.07) is 12.5. The standard InChI is InChI=1S/C23H28N2O5S/c1-29-21-13-7-17(15-22(21)30-2)6-8-18-5-3-4-14-24(18)23(26)16-31-20-11-9-19(10-12-20)25(27)28/h7,9-13,15,18H,3-6,8,14,16H2,1-2H3. The predicted octanol–water partition coefficient (Wildman–Crippen LogP) is 4.72. The highest BCUT2D eigenvalue weighted by atomic mass is 32.2. The maximum Gasteiger partial charge on any atom is 0.269 e. The van der Waals surface area contributed by atoms with E-state index < -0.39 is 4.92 Å². The highest BCUT2D eigenvalue weighted by molar-refractivity contribution is 8.00. The van der Waals surface area contributed by atoms with Gasteiger partial charge in [0, 0.05) is 29.6 Å². The fourth-order valence-corrected chi connectivity index (χ4v) is 4.68. The van der Waals surface area contributed by atoms with Crippen LogP contribution in [0.25, 0.3) is 0 Å². The molecule has 1 amide bonds. The van der Waals surface area contributed by atoms with E-state index >= 15 is 0 Å². The number of ether oxygens (including phenoxy) is 2. The second-order valence-corrected chi connectivity index (χ2v) is 8.55. The van der Waals surface area contributed by atoms with Crippen molar-refractivity contribution in [1.82, 2.24) is 4.90 Å². The molecule has 1 heterocycles. The first kappa shape index (κ1) is 22.9. The van der Waals surface area contributed by atoms with Crippen LogP contribution in [0.4, 0.5) is 5.69 Å². The molecule has 1 aliphatic heterocycles. The number of nitro benzene ring substituents is 1. The van der Waals surface area contributed by atoms with Crippen LogP contribution in [-0.2, 0) is 11.2 Å². The van der Waals surface area contributed by atoms with E-state index in [1.807, 2.05) is 23.1 Å². The summed E-state index contributed by atoms with van der Waals surface area (Å²) >= 11 is 1.42. The van der Waals surface area contributed by atoms with Crippen molar-refractivity contribution in [2.45, 2.75) is 43.0 Å². The van der Waals surface area contributed by atoms with Crippen LogP contribution in [0.3, 0.4) is 0 Å². The lowest BCUT2D eigenvalue weighted by molar-refractivity contribution is -0.384. The Kier molecular flexibility index (Phi) is 8.17. The molecule has 0 radical (unpaired) electrons. The van der Waals surface area contributed by atoms with E-state index in [-0.39, 0.29) is 17.6 Å². The van der Waals surface area contributed by atoms with Gasteiger partial charge in [0.25, 0.3) is 5.69 Å². The number of methoxy groups -OCH3 is 2. The van der Waals surface area contributed by atoms with E-state index in [2.05, 4.69) is 0 Å². The average Bonchev–Trinajstić information content (AvgIpc) is 2.81. The summed E-state index contributed by atoms with van der Waals surface area (Å²) in [7, 11) is 3.25. The maximum absolute atomic E-state index is 12.9. The van der Waals surface area contributed by atoms with Gasteiger partial charge in [-0.1, -0.05) is 6.07 Å².